The number of benzene rings is 2. The third kappa shape index (κ3) is 8.11. The summed E-state index contributed by atoms with van der Waals surface area (Å²) in [4.78, 5) is 22.8. The molecular formula is C26H33N5O2. The predicted molar refractivity (Wildman–Crippen MR) is 134 cm³/mol. The minimum atomic E-state index is -0.0252. The Bertz CT molecular complexity index is 1040. The highest BCUT2D eigenvalue weighted by Crippen LogP contribution is 2.20. The number of guanidine groups is 1. The van der Waals surface area contributed by atoms with Crippen LogP contribution in [0.4, 0.5) is 0 Å². The van der Waals surface area contributed by atoms with Gasteiger partial charge in [0, 0.05) is 45.0 Å². The van der Waals surface area contributed by atoms with Crippen molar-refractivity contribution in [1.29, 1.82) is 0 Å². The molecule has 0 bridgehead atoms. The van der Waals surface area contributed by atoms with Gasteiger partial charge in [0.05, 0.1) is 6.61 Å². The Morgan fingerprint density at radius 1 is 1.06 bits per heavy atom. The molecule has 0 unspecified atom stereocenters. The van der Waals surface area contributed by atoms with Gasteiger partial charge in [-0.05, 0) is 48.4 Å². The van der Waals surface area contributed by atoms with Gasteiger partial charge in [-0.3, -0.25) is 9.78 Å². The van der Waals surface area contributed by atoms with Gasteiger partial charge in [0.2, 0.25) is 5.91 Å². The van der Waals surface area contributed by atoms with Gasteiger partial charge < -0.3 is 20.3 Å². The van der Waals surface area contributed by atoms with E-state index in [1.165, 1.54) is 10.8 Å². The fourth-order valence-corrected chi connectivity index (χ4v) is 3.29. The Hall–Kier alpha value is -3.61. The number of hydrogen-bond acceptors (Lipinski definition) is 4. The SMILES string of the molecule is CCNC(=NCC(=O)N(C)CCc1ccccn1)NCCCOc1ccc2ccccc2c1. The summed E-state index contributed by atoms with van der Waals surface area (Å²) < 4.78 is 5.88. The second-order valence-corrected chi connectivity index (χ2v) is 7.72. The number of hydrogen-bond donors (Lipinski definition) is 2. The van der Waals surface area contributed by atoms with Crippen LogP contribution in [0.1, 0.15) is 19.0 Å². The number of nitrogens with zero attached hydrogens (tertiary/aromatic N) is 3. The van der Waals surface area contributed by atoms with Crippen molar-refractivity contribution in [3.63, 3.8) is 0 Å². The number of pyridine rings is 1. The number of likely N-dealkylation sites (N-methyl/N-ethyl adjacent to an activating group) is 1. The van der Waals surface area contributed by atoms with Gasteiger partial charge in [0.1, 0.15) is 12.3 Å². The van der Waals surface area contributed by atoms with Crippen molar-refractivity contribution in [3.05, 3.63) is 72.6 Å². The molecule has 7 heteroatoms. The molecule has 0 fully saturated rings. The first-order valence-electron chi connectivity index (χ1n) is 11.4. The van der Waals surface area contributed by atoms with E-state index in [2.05, 4.69) is 44.9 Å². The number of amides is 1. The second kappa shape index (κ2) is 13.1. The largest absolute Gasteiger partial charge is 0.494 e. The fraction of sp³-hybridized carbons (Fsp3) is 0.346. The van der Waals surface area contributed by atoms with Crippen LogP contribution in [0.5, 0.6) is 5.75 Å². The lowest BCUT2D eigenvalue weighted by molar-refractivity contribution is -0.128. The molecule has 7 nitrogen and oxygen atoms in total. The molecule has 3 rings (SSSR count). The van der Waals surface area contributed by atoms with E-state index < -0.39 is 0 Å². The summed E-state index contributed by atoms with van der Waals surface area (Å²) in [7, 11) is 1.80. The lowest BCUT2D eigenvalue weighted by Gasteiger charge is -2.16. The minimum absolute atomic E-state index is 0.0252. The van der Waals surface area contributed by atoms with Gasteiger partial charge in [0.25, 0.3) is 0 Å². The van der Waals surface area contributed by atoms with Crippen molar-refractivity contribution in [2.24, 2.45) is 4.99 Å². The van der Waals surface area contributed by atoms with E-state index in [1.807, 2.05) is 43.3 Å². The molecule has 0 aliphatic heterocycles. The maximum Gasteiger partial charge on any atom is 0.244 e. The van der Waals surface area contributed by atoms with Crippen molar-refractivity contribution in [1.82, 2.24) is 20.5 Å². The van der Waals surface area contributed by atoms with Crippen molar-refractivity contribution < 1.29 is 9.53 Å². The molecule has 0 aliphatic carbocycles. The van der Waals surface area contributed by atoms with Crippen LogP contribution in [0.15, 0.2) is 71.9 Å². The van der Waals surface area contributed by atoms with Gasteiger partial charge in [-0.1, -0.05) is 36.4 Å². The van der Waals surface area contributed by atoms with E-state index in [0.717, 1.165) is 30.8 Å². The number of aliphatic imine (C=N–C) groups is 1. The van der Waals surface area contributed by atoms with Crippen LogP contribution in [0.2, 0.25) is 0 Å². The van der Waals surface area contributed by atoms with Crippen LogP contribution < -0.4 is 15.4 Å². The maximum atomic E-state index is 12.4. The first kappa shape index (κ1) is 24.0. The molecule has 0 atom stereocenters. The van der Waals surface area contributed by atoms with Crippen LogP contribution in [0.3, 0.4) is 0 Å². The lowest BCUT2D eigenvalue weighted by atomic mass is 10.1. The van der Waals surface area contributed by atoms with Gasteiger partial charge in [0.15, 0.2) is 5.96 Å². The van der Waals surface area contributed by atoms with Gasteiger partial charge >= 0.3 is 0 Å². The highest BCUT2D eigenvalue weighted by Gasteiger charge is 2.09. The Balaban J connectivity index is 1.38. The normalized spacial score (nSPS) is 11.3. The first-order chi connectivity index (χ1) is 16.2. The summed E-state index contributed by atoms with van der Waals surface area (Å²) in [5.74, 6) is 1.48. The molecule has 0 aliphatic rings. The van der Waals surface area contributed by atoms with Crippen molar-refractivity contribution in [3.8, 4) is 5.75 Å². The van der Waals surface area contributed by atoms with E-state index in [1.54, 1.807) is 18.1 Å². The number of rotatable bonds is 11. The number of aromatic nitrogens is 1. The molecular weight excluding hydrogens is 414 g/mol. The molecule has 1 aromatic heterocycles. The zero-order valence-electron chi connectivity index (χ0n) is 19.5. The van der Waals surface area contributed by atoms with E-state index >= 15 is 0 Å². The van der Waals surface area contributed by atoms with Gasteiger partial charge in [-0.15, -0.1) is 0 Å². The van der Waals surface area contributed by atoms with E-state index in [0.29, 0.717) is 25.7 Å². The zero-order chi connectivity index (χ0) is 23.3. The summed E-state index contributed by atoms with van der Waals surface area (Å²) in [6, 6.07) is 20.2. The van der Waals surface area contributed by atoms with Crippen molar-refractivity contribution in [2.45, 2.75) is 19.8 Å². The second-order valence-electron chi connectivity index (χ2n) is 7.72. The van der Waals surface area contributed by atoms with Crippen molar-refractivity contribution >= 4 is 22.6 Å². The molecule has 2 N–H and O–H groups in total. The van der Waals surface area contributed by atoms with Crippen LogP contribution >= 0.6 is 0 Å². The van der Waals surface area contributed by atoms with Crippen LogP contribution in [0.25, 0.3) is 10.8 Å². The number of nitrogens with one attached hydrogen (secondary N) is 2. The molecule has 0 saturated heterocycles. The summed E-state index contributed by atoms with van der Waals surface area (Å²) in [5, 5.41) is 8.82. The fourth-order valence-electron chi connectivity index (χ4n) is 3.29. The average molecular weight is 448 g/mol. The smallest absolute Gasteiger partial charge is 0.244 e. The van der Waals surface area contributed by atoms with E-state index in [9.17, 15) is 4.79 Å². The molecule has 0 saturated carbocycles. The maximum absolute atomic E-state index is 12.4. The topological polar surface area (TPSA) is 78.9 Å². The van der Waals surface area contributed by atoms with Crippen molar-refractivity contribution in [2.75, 3.05) is 39.8 Å². The number of ether oxygens (including phenoxy) is 1. The molecule has 2 aromatic carbocycles. The third-order valence-corrected chi connectivity index (χ3v) is 5.18. The zero-order valence-corrected chi connectivity index (χ0v) is 19.5. The minimum Gasteiger partial charge on any atom is -0.494 e. The summed E-state index contributed by atoms with van der Waals surface area (Å²) in [6.45, 7) is 4.73. The van der Waals surface area contributed by atoms with Crippen LogP contribution in [0, 0.1) is 0 Å². The van der Waals surface area contributed by atoms with E-state index in [4.69, 9.17) is 4.74 Å². The number of fused-ring (bicyclic) bond motifs is 1. The summed E-state index contributed by atoms with van der Waals surface area (Å²) in [6.07, 6.45) is 3.31. The first-order valence-corrected chi connectivity index (χ1v) is 11.4. The predicted octanol–water partition coefficient (Wildman–Crippen LogP) is 3.26. The molecule has 1 heterocycles. The number of carbonyl (C=O) groups is 1. The average Bonchev–Trinajstić information content (AvgIpc) is 2.85. The monoisotopic (exact) mass is 447 g/mol. The van der Waals surface area contributed by atoms with Gasteiger partial charge in [-0.25, -0.2) is 4.99 Å². The Kier molecular flexibility index (Phi) is 9.51. The molecule has 33 heavy (non-hydrogen) atoms. The molecule has 3 aromatic rings. The highest BCUT2D eigenvalue weighted by molar-refractivity contribution is 5.85. The van der Waals surface area contributed by atoms with Crippen LogP contribution in [-0.2, 0) is 11.2 Å². The summed E-state index contributed by atoms with van der Waals surface area (Å²) in [5.41, 5.74) is 0.974. The highest BCUT2D eigenvalue weighted by atomic mass is 16.5. The Labute approximate surface area is 195 Å². The van der Waals surface area contributed by atoms with Crippen LogP contribution in [-0.4, -0.2) is 61.6 Å². The number of carbonyl (C=O) groups excluding carboxylic acids is 1. The lowest BCUT2D eigenvalue weighted by Crippen LogP contribution is -2.39. The Morgan fingerprint density at radius 2 is 1.88 bits per heavy atom. The van der Waals surface area contributed by atoms with E-state index in [-0.39, 0.29) is 12.5 Å². The summed E-state index contributed by atoms with van der Waals surface area (Å²) >= 11 is 0. The van der Waals surface area contributed by atoms with Gasteiger partial charge in [-0.2, -0.15) is 0 Å². The quantitative estimate of drug-likeness (QED) is 0.268. The molecule has 174 valence electrons. The standard InChI is InChI=1S/C26H33N5O2/c1-3-27-26(30-20-25(32)31(2)17-14-23-11-6-7-15-28-23)29-16-8-18-33-24-13-12-21-9-4-5-10-22(21)19-24/h4-7,9-13,15,19H,3,8,14,16-18,20H2,1-2H3,(H2,27,29,30). The molecule has 1 amide bonds. The molecule has 0 radical (unpaired) electrons. The molecule has 0 spiro atoms. The Morgan fingerprint density at radius 3 is 2.67 bits per heavy atom. The third-order valence-electron chi connectivity index (χ3n) is 5.18.